The van der Waals surface area contributed by atoms with Gasteiger partial charge in [0.05, 0.1) is 16.5 Å². The molecule has 0 aliphatic rings. The molecule has 0 amide bonds. The number of H-pyrrole nitrogens is 1. The minimum absolute atomic E-state index is 0.186. The Morgan fingerprint density at radius 1 is 1.50 bits per heavy atom. The van der Waals surface area contributed by atoms with Crippen LogP contribution in [0.15, 0.2) is 34.2 Å². The average Bonchev–Trinajstić information content (AvgIpc) is 2.69. The van der Waals surface area contributed by atoms with E-state index in [1.807, 2.05) is 0 Å². The Morgan fingerprint density at radius 2 is 2.22 bits per heavy atom. The summed E-state index contributed by atoms with van der Waals surface area (Å²) >= 11 is 6.94. The van der Waals surface area contributed by atoms with E-state index in [9.17, 15) is 9.59 Å². The molecule has 0 radical (unpaired) electrons. The van der Waals surface area contributed by atoms with Crippen molar-refractivity contribution in [1.82, 2.24) is 14.8 Å². The highest BCUT2D eigenvalue weighted by molar-refractivity contribution is 7.99. The van der Waals surface area contributed by atoms with Gasteiger partial charge in [0.1, 0.15) is 0 Å². The summed E-state index contributed by atoms with van der Waals surface area (Å²) in [5.41, 5.74) is 0.00166. The quantitative estimate of drug-likeness (QED) is 0.829. The zero-order chi connectivity index (χ0) is 13.1. The van der Waals surface area contributed by atoms with Crippen LogP contribution in [0.5, 0.6) is 0 Å². The van der Waals surface area contributed by atoms with Crippen molar-refractivity contribution in [2.45, 2.75) is 5.16 Å². The zero-order valence-corrected chi connectivity index (χ0v) is 10.5. The van der Waals surface area contributed by atoms with E-state index in [1.54, 1.807) is 24.3 Å². The van der Waals surface area contributed by atoms with Crippen LogP contribution in [0.1, 0.15) is 0 Å². The first-order valence-corrected chi connectivity index (χ1v) is 6.23. The molecule has 18 heavy (non-hydrogen) atoms. The summed E-state index contributed by atoms with van der Waals surface area (Å²) in [6.45, 7) is 0. The highest BCUT2D eigenvalue weighted by Gasteiger charge is 2.14. The largest absolute Gasteiger partial charge is 0.481 e. The summed E-state index contributed by atoms with van der Waals surface area (Å²) in [5.74, 6) is -1.17. The number of aliphatic carboxylic acids is 1. The average molecular weight is 286 g/mol. The molecule has 0 unspecified atom stereocenters. The van der Waals surface area contributed by atoms with E-state index in [2.05, 4.69) is 10.2 Å². The number of halogens is 1. The molecule has 0 aliphatic carbocycles. The second-order valence-electron chi connectivity index (χ2n) is 3.28. The summed E-state index contributed by atoms with van der Waals surface area (Å²) in [5, 5.41) is 15.3. The maximum atomic E-state index is 11.7. The van der Waals surface area contributed by atoms with Crippen LogP contribution >= 0.6 is 23.4 Å². The van der Waals surface area contributed by atoms with Crippen LogP contribution in [0.4, 0.5) is 0 Å². The molecule has 8 heteroatoms. The molecule has 0 fully saturated rings. The summed E-state index contributed by atoms with van der Waals surface area (Å²) in [6.07, 6.45) is 0. The highest BCUT2D eigenvalue weighted by Crippen LogP contribution is 2.23. The van der Waals surface area contributed by atoms with Gasteiger partial charge < -0.3 is 5.11 Å². The molecule has 0 saturated carbocycles. The van der Waals surface area contributed by atoms with Crippen molar-refractivity contribution in [3.8, 4) is 5.69 Å². The third kappa shape index (κ3) is 2.57. The Balaban J connectivity index is 2.44. The molecule has 1 aromatic carbocycles. The summed E-state index contributed by atoms with van der Waals surface area (Å²) in [6, 6.07) is 6.76. The van der Waals surface area contributed by atoms with E-state index in [-0.39, 0.29) is 10.9 Å². The summed E-state index contributed by atoms with van der Waals surface area (Å²) in [4.78, 5) is 22.2. The Bertz CT molecular complexity index is 637. The molecule has 2 N–H and O–H groups in total. The molecule has 0 aliphatic heterocycles. The molecular formula is C10H8ClN3O3S. The highest BCUT2D eigenvalue weighted by atomic mass is 35.5. The molecule has 0 spiro atoms. The first kappa shape index (κ1) is 12.7. The van der Waals surface area contributed by atoms with Crippen molar-refractivity contribution >= 4 is 29.3 Å². The number of hydrogen-bond donors (Lipinski definition) is 2. The molecular weight excluding hydrogens is 278 g/mol. The number of hydrogen-bond acceptors (Lipinski definition) is 4. The van der Waals surface area contributed by atoms with Crippen molar-refractivity contribution in [2.75, 3.05) is 5.75 Å². The monoisotopic (exact) mass is 285 g/mol. The van der Waals surface area contributed by atoms with Crippen LogP contribution < -0.4 is 5.69 Å². The van der Waals surface area contributed by atoms with Gasteiger partial charge in [0.2, 0.25) is 0 Å². The fourth-order valence-corrected chi connectivity index (χ4v) is 2.24. The minimum atomic E-state index is -0.985. The summed E-state index contributed by atoms with van der Waals surface area (Å²) < 4.78 is 1.25. The van der Waals surface area contributed by atoms with Crippen molar-refractivity contribution in [3.63, 3.8) is 0 Å². The van der Waals surface area contributed by atoms with Gasteiger partial charge in [-0.25, -0.2) is 14.5 Å². The number of carboxylic acids is 1. The van der Waals surface area contributed by atoms with Gasteiger partial charge in [0.15, 0.2) is 5.16 Å². The molecule has 6 nitrogen and oxygen atoms in total. The van der Waals surface area contributed by atoms with Gasteiger partial charge in [-0.3, -0.25) is 4.79 Å². The molecule has 2 rings (SSSR count). The molecule has 2 aromatic rings. The topological polar surface area (TPSA) is 88.0 Å². The van der Waals surface area contributed by atoms with Crippen LogP contribution in [0.2, 0.25) is 5.02 Å². The predicted octanol–water partition coefficient (Wildman–Crippen LogP) is 1.39. The van der Waals surface area contributed by atoms with Gasteiger partial charge in [0, 0.05) is 0 Å². The normalized spacial score (nSPS) is 10.5. The van der Waals surface area contributed by atoms with Crippen LogP contribution in [-0.2, 0) is 4.79 Å². The standard InChI is InChI=1S/C10H8ClN3O3S/c11-6-3-1-2-4-7(6)14-9(17)12-13-10(14)18-5-8(15)16/h1-4H,5H2,(H,12,17)(H,15,16). The maximum Gasteiger partial charge on any atom is 0.348 e. The Kier molecular flexibility index (Phi) is 3.73. The lowest BCUT2D eigenvalue weighted by Gasteiger charge is -2.05. The third-order valence-electron chi connectivity index (χ3n) is 2.06. The van der Waals surface area contributed by atoms with Crippen molar-refractivity contribution in [1.29, 1.82) is 0 Å². The third-order valence-corrected chi connectivity index (χ3v) is 3.30. The number of nitrogens with zero attached hydrogens (tertiary/aromatic N) is 2. The maximum absolute atomic E-state index is 11.7. The predicted molar refractivity (Wildman–Crippen MR) is 67.6 cm³/mol. The van der Waals surface area contributed by atoms with Gasteiger partial charge in [-0.2, -0.15) is 0 Å². The molecule has 0 bridgehead atoms. The number of carbonyl (C=O) groups is 1. The van der Waals surface area contributed by atoms with Crippen LogP contribution in [-0.4, -0.2) is 31.6 Å². The van der Waals surface area contributed by atoms with Crippen molar-refractivity contribution < 1.29 is 9.90 Å². The lowest BCUT2D eigenvalue weighted by atomic mass is 10.3. The van der Waals surface area contributed by atoms with E-state index in [0.29, 0.717) is 10.7 Å². The number of para-hydroxylation sites is 1. The number of carboxylic acid groups (broad SMARTS) is 1. The number of aromatic nitrogens is 3. The fourth-order valence-electron chi connectivity index (χ4n) is 1.35. The van der Waals surface area contributed by atoms with Gasteiger partial charge in [-0.1, -0.05) is 35.5 Å². The van der Waals surface area contributed by atoms with Gasteiger partial charge in [-0.15, -0.1) is 5.10 Å². The van der Waals surface area contributed by atoms with Crippen molar-refractivity contribution in [3.05, 3.63) is 39.8 Å². The number of nitrogens with one attached hydrogen (secondary N) is 1. The molecule has 1 heterocycles. The Morgan fingerprint density at radius 3 is 2.89 bits per heavy atom. The first-order valence-electron chi connectivity index (χ1n) is 4.86. The molecule has 94 valence electrons. The minimum Gasteiger partial charge on any atom is -0.481 e. The van der Waals surface area contributed by atoms with Crippen LogP contribution in [0, 0.1) is 0 Å². The second kappa shape index (κ2) is 5.28. The van der Waals surface area contributed by atoms with Gasteiger partial charge in [-0.05, 0) is 12.1 Å². The fraction of sp³-hybridized carbons (Fsp3) is 0.100. The van der Waals surface area contributed by atoms with Crippen LogP contribution in [0.25, 0.3) is 5.69 Å². The van der Waals surface area contributed by atoms with Crippen LogP contribution in [0.3, 0.4) is 0 Å². The van der Waals surface area contributed by atoms with Gasteiger partial charge in [0.25, 0.3) is 0 Å². The zero-order valence-electron chi connectivity index (χ0n) is 8.96. The van der Waals surface area contributed by atoms with E-state index >= 15 is 0 Å². The SMILES string of the molecule is O=C(O)CSc1n[nH]c(=O)n1-c1ccccc1Cl. The Labute approximate surface area is 111 Å². The first-order chi connectivity index (χ1) is 8.59. The molecule has 0 saturated heterocycles. The number of benzene rings is 1. The molecule has 1 aromatic heterocycles. The van der Waals surface area contributed by atoms with E-state index in [4.69, 9.17) is 16.7 Å². The lowest BCUT2D eigenvalue weighted by Crippen LogP contribution is -2.16. The molecule has 0 atom stereocenters. The Hall–Kier alpha value is -1.73. The number of rotatable bonds is 4. The van der Waals surface area contributed by atoms with Gasteiger partial charge >= 0.3 is 11.7 Å². The smallest absolute Gasteiger partial charge is 0.348 e. The number of thioether (sulfide) groups is 1. The van der Waals surface area contributed by atoms with Crippen molar-refractivity contribution in [2.24, 2.45) is 0 Å². The lowest BCUT2D eigenvalue weighted by molar-refractivity contribution is -0.133. The summed E-state index contributed by atoms with van der Waals surface area (Å²) in [7, 11) is 0. The second-order valence-corrected chi connectivity index (χ2v) is 4.63. The number of aromatic amines is 1. The van der Waals surface area contributed by atoms with E-state index in [1.165, 1.54) is 4.57 Å². The van der Waals surface area contributed by atoms with E-state index < -0.39 is 11.7 Å². The van der Waals surface area contributed by atoms with E-state index in [0.717, 1.165) is 11.8 Å².